The quantitative estimate of drug-likeness (QED) is 0.904. The van der Waals surface area contributed by atoms with Crippen LogP contribution in [0.3, 0.4) is 0 Å². The van der Waals surface area contributed by atoms with Gasteiger partial charge in [-0.05, 0) is 24.0 Å². The molecule has 1 aromatic carbocycles. The van der Waals surface area contributed by atoms with E-state index in [2.05, 4.69) is 34.6 Å². The Morgan fingerprint density at radius 2 is 2.30 bits per heavy atom. The molecule has 2 aromatic rings. The Morgan fingerprint density at radius 3 is 3.10 bits per heavy atom. The van der Waals surface area contributed by atoms with Crippen LogP contribution in [0, 0.1) is 0 Å². The summed E-state index contributed by atoms with van der Waals surface area (Å²) in [6.07, 6.45) is 2.20. The first kappa shape index (κ1) is 13.3. The van der Waals surface area contributed by atoms with Crippen LogP contribution in [0.2, 0.25) is 0 Å². The molecule has 0 spiro atoms. The summed E-state index contributed by atoms with van der Waals surface area (Å²) in [5.41, 5.74) is 8.76. The van der Waals surface area contributed by atoms with Crippen molar-refractivity contribution in [3.8, 4) is 0 Å². The van der Waals surface area contributed by atoms with E-state index in [9.17, 15) is 4.79 Å². The number of hydrogen-bond acceptors (Lipinski definition) is 4. The number of hydrogen-bond donors (Lipinski definition) is 2. The number of nitrogens with one attached hydrogen (secondary N) is 1. The van der Waals surface area contributed by atoms with E-state index in [0.29, 0.717) is 24.7 Å². The maximum absolute atomic E-state index is 12.0. The van der Waals surface area contributed by atoms with Gasteiger partial charge >= 0.3 is 0 Å². The van der Waals surface area contributed by atoms with E-state index in [0.717, 1.165) is 17.8 Å². The van der Waals surface area contributed by atoms with Crippen LogP contribution in [0.4, 0.5) is 0 Å². The van der Waals surface area contributed by atoms with E-state index in [1.54, 1.807) is 5.38 Å². The summed E-state index contributed by atoms with van der Waals surface area (Å²) in [4.78, 5) is 16.2. The summed E-state index contributed by atoms with van der Waals surface area (Å²) in [7, 11) is 0. The predicted octanol–water partition coefficient (Wildman–Crippen LogP) is 2.06. The molecule has 5 heteroatoms. The number of nitrogens with two attached hydrogens (primary N) is 1. The van der Waals surface area contributed by atoms with Gasteiger partial charge in [0, 0.05) is 24.4 Å². The third kappa shape index (κ3) is 2.59. The Balaban J connectivity index is 1.62. The van der Waals surface area contributed by atoms with Crippen LogP contribution in [0.5, 0.6) is 0 Å². The summed E-state index contributed by atoms with van der Waals surface area (Å²) in [6, 6.07) is 8.47. The van der Waals surface area contributed by atoms with Gasteiger partial charge in [-0.25, -0.2) is 4.98 Å². The Morgan fingerprint density at radius 1 is 1.45 bits per heavy atom. The van der Waals surface area contributed by atoms with Gasteiger partial charge < -0.3 is 11.1 Å². The minimum Gasteiger partial charge on any atom is -0.350 e. The normalized spacial score (nSPS) is 16.9. The molecule has 1 aliphatic rings. The van der Waals surface area contributed by atoms with Crippen molar-refractivity contribution in [2.45, 2.75) is 25.3 Å². The molecule has 104 valence electrons. The smallest absolute Gasteiger partial charge is 0.270 e. The van der Waals surface area contributed by atoms with Gasteiger partial charge in [0.15, 0.2) is 0 Å². The van der Waals surface area contributed by atoms with Gasteiger partial charge in [-0.2, -0.15) is 0 Å². The van der Waals surface area contributed by atoms with Crippen LogP contribution >= 0.6 is 11.3 Å². The highest BCUT2D eigenvalue weighted by molar-refractivity contribution is 7.09. The molecule has 0 radical (unpaired) electrons. The number of aryl methyl sites for hydroxylation is 1. The molecule has 3 rings (SSSR count). The van der Waals surface area contributed by atoms with Gasteiger partial charge in [0.25, 0.3) is 5.91 Å². The summed E-state index contributed by atoms with van der Waals surface area (Å²) in [6.45, 7) is 1.05. The van der Waals surface area contributed by atoms with Crippen molar-refractivity contribution in [1.29, 1.82) is 0 Å². The lowest BCUT2D eigenvalue weighted by Gasteiger charge is -2.12. The van der Waals surface area contributed by atoms with Crippen molar-refractivity contribution in [2.75, 3.05) is 6.54 Å². The first-order valence-electron chi connectivity index (χ1n) is 6.78. The third-order valence-electron chi connectivity index (χ3n) is 3.73. The van der Waals surface area contributed by atoms with Crippen molar-refractivity contribution in [1.82, 2.24) is 10.3 Å². The number of carbonyl (C=O) groups excluding carboxylic acids is 1. The van der Waals surface area contributed by atoms with Crippen LogP contribution in [0.25, 0.3) is 0 Å². The number of rotatable bonds is 4. The molecule has 1 aromatic heterocycles. The fraction of sp³-hybridized carbons (Fsp3) is 0.333. The standard InChI is InChI=1S/C15H17N3OS/c16-7-14-18-13(9-20-14)15(19)17-8-11-6-5-10-3-1-2-4-12(10)11/h1-4,9,11H,5-8,16H2,(H,17,19). The molecule has 0 saturated heterocycles. The predicted molar refractivity (Wildman–Crippen MR) is 79.8 cm³/mol. The molecule has 1 unspecified atom stereocenters. The molecular weight excluding hydrogens is 270 g/mol. The van der Waals surface area contributed by atoms with E-state index in [1.165, 1.54) is 22.5 Å². The van der Waals surface area contributed by atoms with Gasteiger partial charge in [-0.1, -0.05) is 24.3 Å². The number of nitrogens with zero attached hydrogens (tertiary/aromatic N) is 1. The summed E-state index contributed by atoms with van der Waals surface area (Å²) < 4.78 is 0. The topological polar surface area (TPSA) is 68.0 Å². The Hall–Kier alpha value is -1.72. The fourth-order valence-corrected chi connectivity index (χ4v) is 3.33. The van der Waals surface area contributed by atoms with E-state index >= 15 is 0 Å². The van der Waals surface area contributed by atoms with Gasteiger partial charge in [-0.3, -0.25) is 4.79 Å². The monoisotopic (exact) mass is 287 g/mol. The lowest BCUT2D eigenvalue weighted by molar-refractivity contribution is 0.0946. The van der Waals surface area contributed by atoms with Crippen LogP contribution in [-0.4, -0.2) is 17.4 Å². The van der Waals surface area contributed by atoms with E-state index in [4.69, 9.17) is 5.73 Å². The first-order valence-corrected chi connectivity index (χ1v) is 7.66. The molecule has 0 fully saturated rings. The fourth-order valence-electron chi connectivity index (χ4n) is 2.67. The van der Waals surface area contributed by atoms with Crippen LogP contribution in [0.15, 0.2) is 29.6 Å². The van der Waals surface area contributed by atoms with E-state index < -0.39 is 0 Å². The second kappa shape index (κ2) is 5.73. The van der Waals surface area contributed by atoms with Gasteiger partial charge in [0.1, 0.15) is 10.7 Å². The molecule has 1 atom stereocenters. The first-order chi connectivity index (χ1) is 9.78. The molecule has 1 heterocycles. The number of benzene rings is 1. The summed E-state index contributed by atoms with van der Waals surface area (Å²) >= 11 is 1.43. The highest BCUT2D eigenvalue weighted by Crippen LogP contribution is 2.32. The second-order valence-corrected chi connectivity index (χ2v) is 5.92. The summed E-state index contributed by atoms with van der Waals surface area (Å²) in [5.74, 6) is 0.313. The highest BCUT2D eigenvalue weighted by Gasteiger charge is 2.22. The van der Waals surface area contributed by atoms with Crippen molar-refractivity contribution in [3.05, 3.63) is 51.5 Å². The maximum atomic E-state index is 12.0. The molecular formula is C15H17N3OS. The van der Waals surface area contributed by atoms with Crippen molar-refractivity contribution < 1.29 is 4.79 Å². The lowest BCUT2D eigenvalue weighted by atomic mass is 10.0. The number of fused-ring (bicyclic) bond motifs is 1. The van der Waals surface area contributed by atoms with Crippen LogP contribution in [-0.2, 0) is 13.0 Å². The number of amides is 1. The van der Waals surface area contributed by atoms with Gasteiger partial charge in [0.2, 0.25) is 0 Å². The Bertz CT molecular complexity index is 623. The molecule has 0 aliphatic heterocycles. The van der Waals surface area contributed by atoms with Crippen molar-refractivity contribution >= 4 is 17.2 Å². The van der Waals surface area contributed by atoms with Crippen LogP contribution < -0.4 is 11.1 Å². The highest BCUT2D eigenvalue weighted by atomic mass is 32.1. The molecule has 0 saturated carbocycles. The minimum absolute atomic E-state index is 0.106. The average Bonchev–Trinajstić information content (AvgIpc) is 3.11. The SMILES string of the molecule is NCc1nc(C(=O)NCC2CCc3ccccc32)cs1. The Labute approximate surface area is 122 Å². The zero-order chi connectivity index (χ0) is 13.9. The minimum atomic E-state index is -0.106. The maximum Gasteiger partial charge on any atom is 0.270 e. The largest absolute Gasteiger partial charge is 0.350 e. The molecule has 20 heavy (non-hydrogen) atoms. The van der Waals surface area contributed by atoms with E-state index in [1.807, 2.05) is 0 Å². The number of thiazole rings is 1. The molecule has 1 aliphatic carbocycles. The molecule has 1 amide bonds. The van der Waals surface area contributed by atoms with Gasteiger partial charge in [-0.15, -0.1) is 11.3 Å². The Kier molecular flexibility index (Phi) is 3.80. The molecule has 0 bridgehead atoms. The lowest BCUT2D eigenvalue weighted by Crippen LogP contribution is -2.28. The third-order valence-corrected chi connectivity index (χ3v) is 4.60. The number of aromatic nitrogens is 1. The summed E-state index contributed by atoms with van der Waals surface area (Å²) in [5, 5.41) is 5.54. The zero-order valence-electron chi connectivity index (χ0n) is 11.1. The average molecular weight is 287 g/mol. The molecule has 4 nitrogen and oxygen atoms in total. The number of carbonyl (C=O) groups is 1. The van der Waals surface area contributed by atoms with Gasteiger partial charge in [0.05, 0.1) is 0 Å². The van der Waals surface area contributed by atoms with E-state index in [-0.39, 0.29) is 5.91 Å². The second-order valence-electron chi connectivity index (χ2n) is 4.98. The van der Waals surface area contributed by atoms with Crippen molar-refractivity contribution in [3.63, 3.8) is 0 Å². The van der Waals surface area contributed by atoms with Crippen LogP contribution in [0.1, 0.15) is 39.0 Å². The zero-order valence-corrected chi connectivity index (χ0v) is 12.0. The molecule has 3 N–H and O–H groups in total. The van der Waals surface area contributed by atoms with Crippen molar-refractivity contribution in [2.24, 2.45) is 5.73 Å².